The highest BCUT2D eigenvalue weighted by atomic mass is 16.2. The summed E-state index contributed by atoms with van der Waals surface area (Å²) in [6, 6.07) is 6.06. The monoisotopic (exact) mass is 273 g/mol. The summed E-state index contributed by atoms with van der Waals surface area (Å²) in [5, 5.41) is 0. The zero-order chi connectivity index (χ0) is 14.2. The Morgan fingerprint density at radius 2 is 2.00 bits per heavy atom. The van der Waals surface area contributed by atoms with Crippen molar-refractivity contribution in [1.29, 1.82) is 0 Å². The highest BCUT2D eigenvalue weighted by Gasteiger charge is 2.46. The Morgan fingerprint density at radius 3 is 2.70 bits per heavy atom. The van der Waals surface area contributed by atoms with Gasteiger partial charge in [0.05, 0.1) is 12.2 Å². The molecular weight excluding hydrogens is 250 g/mol. The van der Waals surface area contributed by atoms with Crippen LogP contribution in [-0.2, 0) is 11.3 Å². The average molecular weight is 273 g/mol. The number of hydrogen-bond acceptors (Lipinski definition) is 3. The predicted octanol–water partition coefficient (Wildman–Crippen LogP) is 1.98. The highest BCUT2D eigenvalue weighted by Crippen LogP contribution is 2.39. The molecule has 1 aromatic rings. The Kier molecular flexibility index (Phi) is 3.50. The van der Waals surface area contributed by atoms with Gasteiger partial charge in [-0.2, -0.15) is 0 Å². The van der Waals surface area contributed by atoms with Crippen LogP contribution in [0.1, 0.15) is 37.1 Å². The molecule has 2 fully saturated rings. The molecule has 0 aliphatic carbocycles. The van der Waals surface area contributed by atoms with Gasteiger partial charge in [0.1, 0.15) is 0 Å². The lowest BCUT2D eigenvalue weighted by atomic mass is 9.85. The summed E-state index contributed by atoms with van der Waals surface area (Å²) < 4.78 is 0. The molecule has 0 aromatic carbocycles. The van der Waals surface area contributed by atoms with Crippen LogP contribution in [0.4, 0.5) is 0 Å². The van der Waals surface area contributed by atoms with Crippen LogP contribution >= 0.6 is 0 Å². The Labute approximate surface area is 120 Å². The van der Waals surface area contributed by atoms with Crippen LogP contribution in [0.25, 0.3) is 0 Å². The molecule has 0 atom stereocenters. The van der Waals surface area contributed by atoms with Crippen molar-refractivity contribution in [3.8, 4) is 0 Å². The number of hydrogen-bond donors (Lipinski definition) is 0. The molecule has 4 nitrogen and oxygen atoms in total. The number of amides is 1. The number of nitrogens with zero attached hydrogens (tertiary/aromatic N) is 3. The minimum atomic E-state index is 0.0923. The topological polar surface area (TPSA) is 36.4 Å². The largest absolute Gasteiger partial charge is 0.331 e. The Hall–Kier alpha value is -1.42. The number of aromatic nitrogens is 1. The standard InChI is InChI=1S/C16H23N3O/c1-13-4-3-5-14(17-13)12-19-15(20)6-7-16(19)8-10-18(2)11-9-16/h3-5H,6-12H2,1-2H3. The van der Waals surface area contributed by atoms with E-state index < -0.39 is 0 Å². The van der Waals surface area contributed by atoms with E-state index in [2.05, 4.69) is 21.8 Å². The van der Waals surface area contributed by atoms with E-state index in [9.17, 15) is 4.79 Å². The SMILES string of the molecule is Cc1cccc(CN2C(=O)CCC23CCN(C)CC3)n1. The van der Waals surface area contributed by atoms with Crippen molar-refractivity contribution in [2.75, 3.05) is 20.1 Å². The summed E-state index contributed by atoms with van der Waals surface area (Å²) in [6.45, 7) is 4.85. The fraction of sp³-hybridized carbons (Fsp3) is 0.625. The Bertz CT molecular complexity index is 506. The fourth-order valence-electron chi connectivity index (χ4n) is 3.53. The quantitative estimate of drug-likeness (QED) is 0.826. The Balaban J connectivity index is 1.80. The Morgan fingerprint density at radius 1 is 1.25 bits per heavy atom. The van der Waals surface area contributed by atoms with Gasteiger partial charge in [0.25, 0.3) is 0 Å². The molecule has 0 N–H and O–H groups in total. The van der Waals surface area contributed by atoms with Gasteiger partial charge in [-0.15, -0.1) is 0 Å². The molecule has 2 aliphatic rings. The van der Waals surface area contributed by atoms with Crippen molar-refractivity contribution in [1.82, 2.24) is 14.8 Å². The summed E-state index contributed by atoms with van der Waals surface area (Å²) in [5.74, 6) is 0.304. The number of rotatable bonds is 2. The van der Waals surface area contributed by atoms with E-state index in [-0.39, 0.29) is 5.54 Å². The predicted molar refractivity (Wildman–Crippen MR) is 78.2 cm³/mol. The first kappa shape index (κ1) is 13.6. The average Bonchev–Trinajstić information content (AvgIpc) is 2.72. The van der Waals surface area contributed by atoms with Crippen LogP contribution in [0.2, 0.25) is 0 Å². The summed E-state index contributed by atoms with van der Waals surface area (Å²) in [7, 11) is 2.16. The first-order chi connectivity index (χ1) is 9.59. The van der Waals surface area contributed by atoms with E-state index in [1.807, 2.05) is 25.1 Å². The molecule has 1 spiro atoms. The van der Waals surface area contributed by atoms with Crippen molar-refractivity contribution in [3.63, 3.8) is 0 Å². The summed E-state index contributed by atoms with van der Waals surface area (Å²) in [6.07, 6.45) is 3.92. The summed E-state index contributed by atoms with van der Waals surface area (Å²) in [5.41, 5.74) is 2.12. The van der Waals surface area contributed by atoms with Gasteiger partial charge in [-0.1, -0.05) is 6.07 Å². The lowest BCUT2D eigenvalue weighted by Crippen LogP contribution is -2.52. The molecule has 0 unspecified atom stereocenters. The second-order valence-corrected chi connectivity index (χ2v) is 6.28. The molecule has 108 valence electrons. The zero-order valence-corrected chi connectivity index (χ0v) is 12.4. The molecule has 1 aromatic heterocycles. The van der Waals surface area contributed by atoms with Gasteiger partial charge in [-0.05, 0) is 45.4 Å². The van der Waals surface area contributed by atoms with Gasteiger partial charge in [-0.25, -0.2) is 0 Å². The first-order valence-corrected chi connectivity index (χ1v) is 7.51. The maximum absolute atomic E-state index is 12.3. The third-order valence-corrected chi connectivity index (χ3v) is 4.86. The number of pyridine rings is 1. The maximum Gasteiger partial charge on any atom is 0.223 e. The van der Waals surface area contributed by atoms with Crippen molar-refractivity contribution in [3.05, 3.63) is 29.6 Å². The van der Waals surface area contributed by atoms with Crippen LogP contribution in [0.15, 0.2) is 18.2 Å². The van der Waals surface area contributed by atoms with E-state index in [4.69, 9.17) is 0 Å². The number of carbonyl (C=O) groups excluding carboxylic acids is 1. The summed E-state index contributed by atoms with van der Waals surface area (Å²) >= 11 is 0. The first-order valence-electron chi connectivity index (χ1n) is 7.51. The van der Waals surface area contributed by atoms with Crippen LogP contribution < -0.4 is 0 Å². The van der Waals surface area contributed by atoms with Gasteiger partial charge >= 0.3 is 0 Å². The lowest BCUT2D eigenvalue weighted by Gasteiger charge is -2.44. The van der Waals surface area contributed by atoms with E-state index in [1.54, 1.807) is 0 Å². The van der Waals surface area contributed by atoms with E-state index in [1.165, 1.54) is 0 Å². The van der Waals surface area contributed by atoms with Crippen LogP contribution in [0, 0.1) is 6.92 Å². The molecule has 20 heavy (non-hydrogen) atoms. The van der Waals surface area contributed by atoms with Crippen molar-refractivity contribution >= 4 is 5.91 Å². The van der Waals surface area contributed by atoms with E-state index in [0.29, 0.717) is 18.9 Å². The highest BCUT2D eigenvalue weighted by molar-refractivity contribution is 5.79. The molecule has 0 saturated carbocycles. The van der Waals surface area contributed by atoms with Crippen molar-refractivity contribution in [2.45, 2.75) is 44.7 Å². The molecule has 0 bridgehead atoms. The third-order valence-electron chi connectivity index (χ3n) is 4.86. The van der Waals surface area contributed by atoms with Gasteiger partial charge < -0.3 is 9.80 Å². The fourth-order valence-corrected chi connectivity index (χ4v) is 3.53. The number of piperidine rings is 1. The minimum Gasteiger partial charge on any atom is -0.331 e. The zero-order valence-electron chi connectivity index (χ0n) is 12.4. The van der Waals surface area contributed by atoms with E-state index >= 15 is 0 Å². The molecule has 3 rings (SSSR count). The number of likely N-dealkylation sites (tertiary alicyclic amines) is 2. The van der Waals surface area contributed by atoms with E-state index in [0.717, 1.165) is 43.7 Å². The molecule has 1 amide bonds. The smallest absolute Gasteiger partial charge is 0.223 e. The van der Waals surface area contributed by atoms with Crippen LogP contribution in [0.3, 0.4) is 0 Å². The maximum atomic E-state index is 12.3. The van der Waals surface area contributed by atoms with Crippen LogP contribution in [0.5, 0.6) is 0 Å². The second kappa shape index (κ2) is 5.17. The molecule has 0 radical (unpaired) electrons. The van der Waals surface area contributed by atoms with Crippen molar-refractivity contribution in [2.24, 2.45) is 0 Å². The van der Waals surface area contributed by atoms with Crippen LogP contribution in [-0.4, -0.2) is 46.4 Å². The summed E-state index contributed by atoms with van der Waals surface area (Å²) in [4.78, 5) is 21.3. The number of aryl methyl sites for hydroxylation is 1. The van der Waals surface area contributed by atoms with Gasteiger partial charge in [0, 0.05) is 30.7 Å². The van der Waals surface area contributed by atoms with Crippen molar-refractivity contribution < 1.29 is 4.79 Å². The minimum absolute atomic E-state index is 0.0923. The molecular formula is C16H23N3O. The van der Waals surface area contributed by atoms with Gasteiger partial charge in [0.2, 0.25) is 5.91 Å². The molecule has 4 heteroatoms. The molecule has 2 aliphatic heterocycles. The normalized spacial score (nSPS) is 22.7. The second-order valence-electron chi connectivity index (χ2n) is 6.28. The van der Waals surface area contributed by atoms with Gasteiger partial charge in [0.15, 0.2) is 0 Å². The molecule has 2 saturated heterocycles. The molecule has 3 heterocycles. The third kappa shape index (κ3) is 2.44. The lowest BCUT2D eigenvalue weighted by molar-refractivity contribution is -0.133. The van der Waals surface area contributed by atoms with Gasteiger partial charge in [-0.3, -0.25) is 9.78 Å². The number of carbonyl (C=O) groups is 1.